The maximum absolute atomic E-state index is 12.9. The van der Waals surface area contributed by atoms with Gasteiger partial charge in [0.05, 0.1) is 29.5 Å². The van der Waals surface area contributed by atoms with Crippen LogP contribution in [0.15, 0.2) is 55.9 Å². The molecule has 0 aromatic heterocycles. The van der Waals surface area contributed by atoms with Gasteiger partial charge in [-0.15, -0.1) is 0 Å². The van der Waals surface area contributed by atoms with Crippen molar-refractivity contribution in [3.8, 4) is 6.07 Å². The molecule has 176 valence electrons. The fourth-order valence-electron chi connectivity index (χ4n) is 3.80. The summed E-state index contributed by atoms with van der Waals surface area (Å²) in [5, 5.41) is 15.8. The largest absolute Gasteiger partial charge is 0.468 e. The van der Waals surface area contributed by atoms with Gasteiger partial charge >= 0.3 is 5.97 Å². The highest BCUT2D eigenvalue weighted by Gasteiger charge is 2.44. The molecular formula is C24H21Br2N3O4S. The Kier molecular flexibility index (Phi) is 8.57. The summed E-state index contributed by atoms with van der Waals surface area (Å²) in [5.41, 5.74) is 3.34. The molecule has 0 spiro atoms. The maximum Gasteiger partial charge on any atom is 0.319 e. The number of allylic oxidation sites excluding steroid dienone is 1. The SMILES string of the molecule is COC(=O)[C@H]1C(=O)NC(SCC(=O)Nc2c(C)cc(Br)cc2C)=C(C#N)[C@@H]1c1cccc(Br)c1. The first-order valence-corrected chi connectivity index (χ1v) is 12.7. The van der Waals surface area contributed by atoms with Gasteiger partial charge in [-0.2, -0.15) is 5.26 Å². The van der Waals surface area contributed by atoms with Crippen LogP contribution in [-0.4, -0.2) is 30.6 Å². The third-order valence-corrected chi connectivity index (χ3v) is 7.27. The maximum atomic E-state index is 12.9. The summed E-state index contributed by atoms with van der Waals surface area (Å²) in [5.74, 6) is -3.71. The van der Waals surface area contributed by atoms with Crippen LogP contribution in [0, 0.1) is 31.1 Å². The second kappa shape index (κ2) is 11.2. The summed E-state index contributed by atoms with van der Waals surface area (Å²) >= 11 is 7.87. The number of halogens is 2. The molecule has 34 heavy (non-hydrogen) atoms. The minimum absolute atomic E-state index is 0.0379. The molecule has 0 fully saturated rings. The topological polar surface area (TPSA) is 108 Å². The van der Waals surface area contributed by atoms with Crippen molar-refractivity contribution in [1.29, 1.82) is 5.26 Å². The molecule has 0 aliphatic carbocycles. The van der Waals surface area contributed by atoms with Gasteiger partial charge in [0.15, 0.2) is 0 Å². The van der Waals surface area contributed by atoms with Crippen LogP contribution in [0.3, 0.4) is 0 Å². The fraction of sp³-hybridized carbons (Fsp3) is 0.250. The third kappa shape index (κ3) is 5.71. The number of hydrogen-bond acceptors (Lipinski definition) is 6. The number of aryl methyl sites for hydroxylation is 2. The average molecular weight is 607 g/mol. The summed E-state index contributed by atoms with van der Waals surface area (Å²) in [4.78, 5) is 38.1. The van der Waals surface area contributed by atoms with Crippen LogP contribution in [0.1, 0.15) is 22.6 Å². The lowest BCUT2D eigenvalue weighted by Crippen LogP contribution is -2.44. The Balaban J connectivity index is 1.90. The number of benzene rings is 2. The zero-order valence-electron chi connectivity index (χ0n) is 18.6. The third-order valence-electron chi connectivity index (χ3n) is 5.30. The molecule has 0 bridgehead atoms. The molecule has 0 unspecified atom stereocenters. The van der Waals surface area contributed by atoms with E-state index in [1.165, 1.54) is 7.11 Å². The predicted molar refractivity (Wildman–Crippen MR) is 138 cm³/mol. The van der Waals surface area contributed by atoms with Crippen molar-refractivity contribution in [3.05, 3.63) is 72.6 Å². The Morgan fingerprint density at radius 2 is 1.85 bits per heavy atom. The molecule has 2 aromatic carbocycles. The van der Waals surface area contributed by atoms with Crippen molar-refractivity contribution in [1.82, 2.24) is 5.32 Å². The first-order chi connectivity index (χ1) is 16.2. The van der Waals surface area contributed by atoms with Gasteiger partial charge in [-0.25, -0.2) is 0 Å². The zero-order valence-corrected chi connectivity index (χ0v) is 22.6. The monoisotopic (exact) mass is 605 g/mol. The van der Waals surface area contributed by atoms with Crippen molar-refractivity contribution in [3.63, 3.8) is 0 Å². The molecule has 0 saturated carbocycles. The number of carbonyl (C=O) groups is 3. The van der Waals surface area contributed by atoms with E-state index in [0.29, 0.717) is 11.3 Å². The van der Waals surface area contributed by atoms with Crippen LogP contribution in [0.5, 0.6) is 0 Å². The van der Waals surface area contributed by atoms with Gasteiger partial charge < -0.3 is 15.4 Å². The summed E-state index contributed by atoms with van der Waals surface area (Å²) in [6, 6.07) is 13.0. The van der Waals surface area contributed by atoms with E-state index < -0.39 is 23.7 Å². The van der Waals surface area contributed by atoms with Crippen molar-refractivity contribution in [2.75, 3.05) is 18.2 Å². The molecule has 7 nitrogen and oxygen atoms in total. The average Bonchev–Trinajstić information content (AvgIpc) is 2.79. The fourth-order valence-corrected chi connectivity index (χ4v) is 5.75. The summed E-state index contributed by atoms with van der Waals surface area (Å²) in [6.45, 7) is 3.79. The number of esters is 1. The number of nitrogens with zero attached hydrogens (tertiary/aromatic N) is 1. The molecule has 0 radical (unpaired) electrons. The molecule has 2 atom stereocenters. The number of carbonyl (C=O) groups excluding carboxylic acids is 3. The van der Waals surface area contributed by atoms with Crippen LogP contribution in [0.4, 0.5) is 5.69 Å². The lowest BCUT2D eigenvalue weighted by Gasteiger charge is -2.31. The number of ether oxygens (including phenoxy) is 1. The second-order valence-corrected chi connectivity index (χ2v) is 10.4. The Labute approximate surface area is 218 Å². The number of nitriles is 1. The van der Waals surface area contributed by atoms with E-state index in [-0.39, 0.29) is 22.3 Å². The minimum atomic E-state index is -1.22. The van der Waals surface area contributed by atoms with Gasteiger partial charge in [-0.1, -0.05) is 55.8 Å². The molecule has 2 amide bonds. The lowest BCUT2D eigenvalue weighted by atomic mass is 9.78. The first-order valence-electron chi connectivity index (χ1n) is 10.1. The van der Waals surface area contributed by atoms with Gasteiger partial charge in [-0.3, -0.25) is 14.4 Å². The van der Waals surface area contributed by atoms with Gasteiger partial charge in [0.2, 0.25) is 11.8 Å². The Bertz CT molecular complexity index is 1220. The molecule has 2 N–H and O–H groups in total. The van der Waals surface area contributed by atoms with Crippen molar-refractivity contribution in [2.24, 2.45) is 5.92 Å². The molecule has 10 heteroatoms. The first kappa shape index (κ1) is 26.0. The Morgan fingerprint density at radius 3 is 2.44 bits per heavy atom. The summed E-state index contributed by atoms with van der Waals surface area (Å²) in [6.07, 6.45) is 0. The Hall–Kier alpha value is -2.61. The minimum Gasteiger partial charge on any atom is -0.468 e. The summed E-state index contributed by atoms with van der Waals surface area (Å²) < 4.78 is 6.51. The van der Waals surface area contributed by atoms with Crippen molar-refractivity contribution >= 4 is 67.1 Å². The number of rotatable bonds is 6. The van der Waals surface area contributed by atoms with Crippen LogP contribution in [0.2, 0.25) is 0 Å². The number of anilines is 1. The number of nitrogens with one attached hydrogen (secondary N) is 2. The molecule has 1 aliphatic heterocycles. The highest BCUT2D eigenvalue weighted by Crippen LogP contribution is 2.40. The van der Waals surface area contributed by atoms with E-state index >= 15 is 0 Å². The van der Waals surface area contributed by atoms with Crippen molar-refractivity contribution < 1.29 is 19.1 Å². The zero-order chi connectivity index (χ0) is 25.0. The number of amides is 2. The Morgan fingerprint density at radius 1 is 1.18 bits per heavy atom. The molecule has 3 rings (SSSR count). The highest BCUT2D eigenvalue weighted by atomic mass is 79.9. The van der Waals surface area contributed by atoms with Gasteiger partial charge in [-0.05, 0) is 54.8 Å². The second-order valence-electron chi connectivity index (χ2n) is 7.63. The predicted octanol–water partition coefficient (Wildman–Crippen LogP) is 4.94. The van der Waals surface area contributed by atoms with Gasteiger partial charge in [0.25, 0.3) is 0 Å². The quantitative estimate of drug-likeness (QED) is 0.356. The number of hydrogen-bond donors (Lipinski definition) is 2. The lowest BCUT2D eigenvalue weighted by molar-refractivity contribution is -0.150. The van der Waals surface area contributed by atoms with E-state index in [9.17, 15) is 19.6 Å². The van der Waals surface area contributed by atoms with Crippen LogP contribution >= 0.6 is 43.6 Å². The van der Waals surface area contributed by atoms with Gasteiger partial charge in [0, 0.05) is 20.6 Å². The molecule has 1 heterocycles. The van der Waals surface area contributed by atoms with E-state index in [1.54, 1.807) is 24.3 Å². The molecule has 1 aliphatic rings. The highest BCUT2D eigenvalue weighted by molar-refractivity contribution is 9.10. The standard InChI is InChI=1S/C24H21Br2N3O4S/c1-12-7-16(26)8-13(2)21(12)28-18(30)11-34-23-17(10-27)19(14-5-4-6-15(25)9-14)20(22(31)29-23)24(32)33-3/h4-9,19-20H,11H2,1-3H3,(H,28,30)(H,29,31)/t19-,20+/m0/s1. The van der Waals surface area contributed by atoms with Crippen LogP contribution in [-0.2, 0) is 19.1 Å². The van der Waals surface area contributed by atoms with Crippen LogP contribution < -0.4 is 10.6 Å². The molecular weight excluding hydrogens is 586 g/mol. The normalized spacial score (nSPS) is 17.6. The van der Waals surface area contributed by atoms with E-state index in [2.05, 4.69) is 48.6 Å². The van der Waals surface area contributed by atoms with Crippen molar-refractivity contribution in [2.45, 2.75) is 19.8 Å². The van der Waals surface area contributed by atoms with Crippen LogP contribution in [0.25, 0.3) is 0 Å². The number of thioether (sulfide) groups is 1. The molecule has 2 aromatic rings. The van der Waals surface area contributed by atoms with E-state index in [4.69, 9.17) is 4.74 Å². The summed E-state index contributed by atoms with van der Waals surface area (Å²) in [7, 11) is 1.20. The smallest absolute Gasteiger partial charge is 0.319 e. The van der Waals surface area contributed by atoms with E-state index in [1.807, 2.05) is 26.0 Å². The van der Waals surface area contributed by atoms with E-state index in [0.717, 1.165) is 31.8 Å². The molecule has 0 saturated heterocycles. The number of methoxy groups -OCH3 is 1. The van der Waals surface area contributed by atoms with Gasteiger partial charge in [0.1, 0.15) is 5.92 Å².